The molecular weight excluding hydrogens is 315 g/mol. The predicted octanol–water partition coefficient (Wildman–Crippen LogP) is 3.30. The molecule has 0 radical (unpaired) electrons. The number of hydrogen-bond acceptors (Lipinski definition) is 2. The van der Waals surface area contributed by atoms with E-state index in [-0.39, 0.29) is 12.2 Å². The summed E-state index contributed by atoms with van der Waals surface area (Å²) in [6, 6.07) is 4.74. The van der Waals surface area contributed by atoms with Gasteiger partial charge in [-0.2, -0.15) is 0 Å². The van der Waals surface area contributed by atoms with Crippen LogP contribution in [0.2, 0.25) is 0 Å². The zero-order valence-electron chi connectivity index (χ0n) is 10.2. The molecular formula is C13H12BrFN2O2. The summed E-state index contributed by atoms with van der Waals surface area (Å²) in [6.07, 6.45) is 0.343. The maximum atomic E-state index is 13.2. The number of benzene rings is 1. The third-order valence-corrected chi connectivity index (χ3v) is 3.29. The number of nitrogens with one attached hydrogen (secondary N) is 1. The minimum Gasteiger partial charge on any atom is -0.481 e. The second kappa shape index (κ2) is 5.52. The smallest absolute Gasteiger partial charge is 0.303 e. The summed E-state index contributed by atoms with van der Waals surface area (Å²) in [6.45, 7) is 1.69. The van der Waals surface area contributed by atoms with Crippen LogP contribution in [0.25, 0.3) is 11.3 Å². The van der Waals surface area contributed by atoms with E-state index in [1.807, 2.05) is 0 Å². The Balaban J connectivity index is 2.29. The average molecular weight is 327 g/mol. The highest BCUT2D eigenvalue weighted by Gasteiger charge is 2.12. The molecule has 0 aliphatic heterocycles. The average Bonchev–Trinajstić information content (AvgIpc) is 2.72. The van der Waals surface area contributed by atoms with Gasteiger partial charge >= 0.3 is 5.97 Å². The predicted molar refractivity (Wildman–Crippen MR) is 72.4 cm³/mol. The first kappa shape index (κ1) is 13.7. The van der Waals surface area contributed by atoms with Crippen molar-refractivity contribution in [2.75, 3.05) is 0 Å². The molecule has 2 rings (SSSR count). The fraction of sp³-hybridized carbons (Fsp3) is 0.231. The van der Waals surface area contributed by atoms with Gasteiger partial charge in [-0.15, -0.1) is 0 Å². The molecule has 6 heteroatoms. The molecule has 0 saturated carbocycles. The topological polar surface area (TPSA) is 66.0 Å². The number of aromatic nitrogens is 2. The van der Waals surface area contributed by atoms with E-state index in [1.165, 1.54) is 6.07 Å². The van der Waals surface area contributed by atoms with Crippen LogP contribution in [0.4, 0.5) is 4.39 Å². The van der Waals surface area contributed by atoms with Crippen LogP contribution in [-0.2, 0) is 11.2 Å². The van der Waals surface area contributed by atoms with E-state index < -0.39 is 5.97 Å². The molecule has 1 aromatic carbocycles. The van der Waals surface area contributed by atoms with Crippen LogP contribution in [-0.4, -0.2) is 21.0 Å². The molecule has 2 aromatic rings. The Hall–Kier alpha value is -1.69. The van der Waals surface area contributed by atoms with Crippen molar-refractivity contribution in [3.05, 3.63) is 40.0 Å². The highest BCUT2D eigenvalue weighted by Crippen LogP contribution is 2.27. The number of halogens is 2. The molecule has 0 fully saturated rings. The first-order valence-electron chi connectivity index (χ1n) is 5.70. The van der Waals surface area contributed by atoms with Crippen LogP contribution in [0.5, 0.6) is 0 Å². The van der Waals surface area contributed by atoms with Crippen molar-refractivity contribution < 1.29 is 14.3 Å². The standard InChI is InChI=1S/C13H12BrFN2O2/c1-7-6-8(2-3-9(7)15)12-13(14)17-10(16-12)4-5-11(18)19/h2-3,6H,4-5H2,1H3,(H,16,17)(H,18,19). The maximum absolute atomic E-state index is 13.2. The van der Waals surface area contributed by atoms with Crippen molar-refractivity contribution in [3.8, 4) is 11.3 Å². The Bertz CT molecular complexity index is 625. The fourth-order valence-electron chi connectivity index (χ4n) is 1.72. The van der Waals surface area contributed by atoms with Gasteiger partial charge in [0, 0.05) is 12.0 Å². The molecule has 0 aliphatic carbocycles. The van der Waals surface area contributed by atoms with E-state index in [0.717, 1.165) is 5.56 Å². The zero-order valence-corrected chi connectivity index (χ0v) is 11.8. The molecule has 0 aliphatic rings. The molecule has 0 saturated heterocycles. The number of aromatic amines is 1. The van der Waals surface area contributed by atoms with Crippen LogP contribution >= 0.6 is 15.9 Å². The van der Waals surface area contributed by atoms with Crippen molar-refractivity contribution in [3.63, 3.8) is 0 Å². The van der Waals surface area contributed by atoms with Gasteiger partial charge in [-0.3, -0.25) is 4.79 Å². The number of carbonyl (C=O) groups is 1. The molecule has 0 amide bonds. The highest BCUT2D eigenvalue weighted by molar-refractivity contribution is 9.10. The van der Waals surface area contributed by atoms with Crippen LogP contribution < -0.4 is 0 Å². The summed E-state index contributed by atoms with van der Waals surface area (Å²) in [4.78, 5) is 17.8. The van der Waals surface area contributed by atoms with Crippen LogP contribution in [0.3, 0.4) is 0 Å². The summed E-state index contributed by atoms with van der Waals surface area (Å²) in [5.41, 5.74) is 1.98. The van der Waals surface area contributed by atoms with Gasteiger partial charge in [0.25, 0.3) is 0 Å². The molecule has 19 heavy (non-hydrogen) atoms. The molecule has 0 spiro atoms. The normalized spacial score (nSPS) is 10.7. The first-order valence-corrected chi connectivity index (χ1v) is 6.49. The lowest BCUT2D eigenvalue weighted by atomic mass is 10.1. The molecule has 1 aromatic heterocycles. The van der Waals surface area contributed by atoms with E-state index in [1.54, 1.807) is 19.1 Å². The number of nitrogens with zero attached hydrogens (tertiary/aromatic N) is 1. The van der Waals surface area contributed by atoms with E-state index in [4.69, 9.17) is 5.11 Å². The third kappa shape index (κ3) is 3.20. The minimum absolute atomic E-state index is 0.0157. The number of H-pyrrole nitrogens is 1. The molecule has 0 unspecified atom stereocenters. The number of aliphatic carboxylic acids is 1. The zero-order chi connectivity index (χ0) is 14.0. The van der Waals surface area contributed by atoms with E-state index in [0.29, 0.717) is 28.1 Å². The number of carboxylic acids is 1. The molecule has 2 N–H and O–H groups in total. The molecule has 0 bridgehead atoms. The SMILES string of the molecule is Cc1cc(-c2nc(CCC(=O)O)[nH]c2Br)ccc1F. The van der Waals surface area contributed by atoms with Gasteiger partial charge in [-0.25, -0.2) is 9.37 Å². The summed E-state index contributed by atoms with van der Waals surface area (Å²) < 4.78 is 13.9. The van der Waals surface area contributed by atoms with Gasteiger partial charge in [-0.05, 0) is 46.6 Å². The van der Waals surface area contributed by atoms with Crippen molar-refractivity contribution in [1.82, 2.24) is 9.97 Å². The van der Waals surface area contributed by atoms with Crippen LogP contribution in [0, 0.1) is 12.7 Å². The van der Waals surface area contributed by atoms with Crippen molar-refractivity contribution in [1.29, 1.82) is 0 Å². The van der Waals surface area contributed by atoms with Gasteiger partial charge < -0.3 is 10.1 Å². The van der Waals surface area contributed by atoms with E-state index in [9.17, 15) is 9.18 Å². The lowest BCUT2D eigenvalue weighted by Gasteiger charge is -2.00. The Kier molecular flexibility index (Phi) is 3.99. The fourth-order valence-corrected chi connectivity index (χ4v) is 2.27. The second-order valence-corrected chi connectivity index (χ2v) is 5.00. The lowest BCUT2D eigenvalue weighted by molar-refractivity contribution is -0.137. The number of aryl methyl sites for hydroxylation is 2. The van der Waals surface area contributed by atoms with E-state index in [2.05, 4.69) is 25.9 Å². The first-order chi connectivity index (χ1) is 8.97. The van der Waals surface area contributed by atoms with Crippen molar-refractivity contribution >= 4 is 21.9 Å². The maximum Gasteiger partial charge on any atom is 0.303 e. The molecule has 4 nitrogen and oxygen atoms in total. The van der Waals surface area contributed by atoms with Gasteiger partial charge in [0.2, 0.25) is 0 Å². The Morgan fingerprint density at radius 1 is 1.53 bits per heavy atom. The van der Waals surface area contributed by atoms with Crippen molar-refractivity contribution in [2.24, 2.45) is 0 Å². The van der Waals surface area contributed by atoms with Gasteiger partial charge in [0.1, 0.15) is 21.9 Å². The van der Waals surface area contributed by atoms with Crippen LogP contribution in [0.1, 0.15) is 17.8 Å². The Labute approximate surface area is 117 Å². The minimum atomic E-state index is -0.869. The number of hydrogen-bond donors (Lipinski definition) is 2. The van der Waals surface area contributed by atoms with Crippen molar-refractivity contribution in [2.45, 2.75) is 19.8 Å². The van der Waals surface area contributed by atoms with E-state index >= 15 is 0 Å². The second-order valence-electron chi connectivity index (χ2n) is 4.20. The van der Waals surface area contributed by atoms with Crippen LogP contribution in [0.15, 0.2) is 22.8 Å². The lowest BCUT2D eigenvalue weighted by Crippen LogP contribution is -1.98. The summed E-state index contributed by atoms with van der Waals surface area (Å²) >= 11 is 3.34. The molecule has 100 valence electrons. The Morgan fingerprint density at radius 2 is 2.26 bits per heavy atom. The molecule has 0 atom stereocenters. The number of carboxylic acid groups (broad SMARTS) is 1. The molecule has 1 heterocycles. The van der Waals surface area contributed by atoms with Gasteiger partial charge in [0.15, 0.2) is 0 Å². The number of rotatable bonds is 4. The van der Waals surface area contributed by atoms with Gasteiger partial charge in [0.05, 0.1) is 6.42 Å². The number of imidazole rings is 1. The monoisotopic (exact) mass is 326 g/mol. The summed E-state index contributed by atoms with van der Waals surface area (Å²) in [5.74, 6) is -0.542. The third-order valence-electron chi connectivity index (χ3n) is 2.72. The largest absolute Gasteiger partial charge is 0.481 e. The van der Waals surface area contributed by atoms with Gasteiger partial charge in [-0.1, -0.05) is 0 Å². The summed E-state index contributed by atoms with van der Waals surface area (Å²) in [7, 11) is 0. The highest BCUT2D eigenvalue weighted by atomic mass is 79.9. The summed E-state index contributed by atoms with van der Waals surface area (Å²) in [5, 5.41) is 8.64. The Morgan fingerprint density at radius 3 is 2.89 bits per heavy atom. The quantitative estimate of drug-likeness (QED) is 0.905.